The minimum atomic E-state index is -1.46. The molecule has 21 heavy (non-hydrogen) atoms. The van der Waals surface area contributed by atoms with E-state index in [1.54, 1.807) is 6.08 Å². The summed E-state index contributed by atoms with van der Waals surface area (Å²) >= 11 is 0. The molecule has 0 saturated heterocycles. The Hall–Kier alpha value is -0.523. The summed E-state index contributed by atoms with van der Waals surface area (Å²) in [6.07, 6.45) is 22.8. The van der Waals surface area contributed by atoms with Gasteiger partial charge in [-0.1, -0.05) is 83.1 Å². The van der Waals surface area contributed by atoms with Gasteiger partial charge < -0.3 is 4.43 Å². The van der Waals surface area contributed by atoms with E-state index in [0.29, 0.717) is 6.61 Å². The van der Waals surface area contributed by atoms with Crippen molar-refractivity contribution in [2.75, 3.05) is 6.61 Å². The molecule has 1 nitrogen and oxygen atoms in total. The molecule has 0 bridgehead atoms. The highest BCUT2D eigenvalue weighted by Crippen LogP contribution is 2.17. The molecule has 0 amide bonds. The van der Waals surface area contributed by atoms with Gasteiger partial charge in [0.2, 0.25) is 0 Å². The van der Waals surface area contributed by atoms with Gasteiger partial charge in [-0.3, -0.25) is 0 Å². The summed E-state index contributed by atoms with van der Waals surface area (Å²) in [5.74, 6) is 2.50. The average Bonchev–Trinajstić information content (AvgIpc) is 2.45. The molecule has 0 aromatic heterocycles. The average molecular weight is 309 g/mol. The third-order valence-corrected chi connectivity index (χ3v) is 6.42. The van der Waals surface area contributed by atoms with Crippen molar-refractivity contribution in [3.8, 4) is 12.3 Å². The predicted molar refractivity (Wildman–Crippen MR) is 98.1 cm³/mol. The van der Waals surface area contributed by atoms with Crippen LogP contribution in [-0.2, 0) is 4.43 Å². The van der Waals surface area contributed by atoms with Crippen molar-refractivity contribution in [1.29, 1.82) is 0 Å². The molecule has 0 unspecified atom stereocenters. The van der Waals surface area contributed by atoms with Crippen molar-refractivity contribution < 1.29 is 4.43 Å². The lowest BCUT2D eigenvalue weighted by atomic mass is 10.1. The van der Waals surface area contributed by atoms with Crippen LogP contribution in [0.15, 0.2) is 12.2 Å². The molecule has 0 rings (SSSR count). The maximum Gasteiger partial charge on any atom is 0.187 e. The summed E-state index contributed by atoms with van der Waals surface area (Å²) < 4.78 is 5.97. The molecule has 0 radical (unpaired) electrons. The van der Waals surface area contributed by atoms with Crippen molar-refractivity contribution >= 4 is 8.32 Å². The highest BCUT2D eigenvalue weighted by Gasteiger charge is 2.20. The molecule has 2 heteroatoms. The molecule has 0 fully saturated rings. The fourth-order valence-electron chi connectivity index (χ4n) is 2.50. The molecule has 122 valence electrons. The zero-order valence-corrected chi connectivity index (χ0v) is 15.6. The molecule has 0 atom stereocenters. The predicted octanol–water partition coefficient (Wildman–Crippen LogP) is 6.32. The molecule has 0 aromatic rings. The van der Waals surface area contributed by atoms with Gasteiger partial charge in [0.25, 0.3) is 0 Å². The Morgan fingerprint density at radius 3 is 1.95 bits per heavy atom. The van der Waals surface area contributed by atoms with E-state index in [1.807, 2.05) is 6.08 Å². The topological polar surface area (TPSA) is 9.23 Å². The minimum absolute atomic E-state index is 0.682. The van der Waals surface area contributed by atoms with Crippen molar-refractivity contribution in [2.45, 2.75) is 90.3 Å². The number of hydrogen-bond acceptors (Lipinski definition) is 1. The first kappa shape index (κ1) is 20.5. The molecular weight excluding hydrogens is 272 g/mol. The lowest BCUT2D eigenvalue weighted by Crippen LogP contribution is -2.30. The van der Waals surface area contributed by atoms with E-state index in [1.165, 1.54) is 70.3 Å². The van der Waals surface area contributed by atoms with Crippen LogP contribution < -0.4 is 0 Å². The molecule has 0 aliphatic carbocycles. The quantitative estimate of drug-likeness (QED) is 0.207. The molecule has 0 spiro atoms. The Bertz CT molecular complexity index is 288. The van der Waals surface area contributed by atoms with Gasteiger partial charge >= 0.3 is 0 Å². The summed E-state index contributed by atoms with van der Waals surface area (Å²) in [4.78, 5) is 0. The first-order valence-electron chi connectivity index (χ1n) is 8.87. The zero-order valence-electron chi connectivity index (χ0n) is 14.6. The molecule has 0 saturated carbocycles. The highest BCUT2D eigenvalue weighted by atomic mass is 28.4. The number of terminal acetylenes is 1. The smallest absolute Gasteiger partial charge is 0.187 e. The number of allylic oxidation sites excluding steroid dienone is 1. The van der Waals surface area contributed by atoms with Crippen LogP contribution in [0.2, 0.25) is 19.1 Å². The normalized spacial score (nSPS) is 11.9. The van der Waals surface area contributed by atoms with Crippen LogP contribution >= 0.6 is 0 Å². The van der Waals surface area contributed by atoms with Crippen molar-refractivity contribution in [3.63, 3.8) is 0 Å². The van der Waals surface area contributed by atoms with E-state index in [-0.39, 0.29) is 0 Å². The van der Waals surface area contributed by atoms with E-state index < -0.39 is 8.32 Å². The third kappa shape index (κ3) is 15.7. The van der Waals surface area contributed by atoms with Gasteiger partial charge in [-0.05, 0) is 25.2 Å². The Kier molecular flexibility index (Phi) is 14.1. The third-order valence-electron chi connectivity index (χ3n) is 3.92. The SMILES string of the molecule is C#CC=CCO[Si](C)(C)CCCCCCCCCCCC. The molecule has 0 heterocycles. The number of rotatable bonds is 14. The van der Waals surface area contributed by atoms with Crippen molar-refractivity contribution in [1.82, 2.24) is 0 Å². The Morgan fingerprint density at radius 1 is 0.905 bits per heavy atom. The van der Waals surface area contributed by atoms with Crippen LogP contribution in [0.4, 0.5) is 0 Å². The second kappa shape index (κ2) is 14.4. The van der Waals surface area contributed by atoms with E-state index >= 15 is 0 Å². The Balaban J connectivity index is 3.36. The van der Waals surface area contributed by atoms with Crippen LogP contribution in [0.1, 0.15) is 71.1 Å². The van der Waals surface area contributed by atoms with Gasteiger partial charge in [0.1, 0.15) is 0 Å². The zero-order chi connectivity index (χ0) is 15.8. The minimum Gasteiger partial charge on any atom is -0.414 e. The monoisotopic (exact) mass is 308 g/mol. The molecule has 0 aromatic carbocycles. The summed E-state index contributed by atoms with van der Waals surface area (Å²) in [6, 6.07) is 1.27. The van der Waals surface area contributed by atoms with Gasteiger partial charge in [0, 0.05) is 0 Å². The van der Waals surface area contributed by atoms with Crippen LogP contribution in [0.25, 0.3) is 0 Å². The largest absolute Gasteiger partial charge is 0.414 e. The number of unbranched alkanes of at least 4 members (excludes halogenated alkanes) is 9. The molecule has 0 aliphatic rings. The van der Waals surface area contributed by atoms with Crippen LogP contribution in [0.3, 0.4) is 0 Å². The standard InChI is InChI=1S/C19H36OSi/c1-5-7-9-10-11-12-13-14-15-17-19-21(3,4)20-18-16-8-6-2/h2,8,16H,5,7,9-15,17-19H2,1,3-4H3. The first-order chi connectivity index (χ1) is 10.1. The highest BCUT2D eigenvalue weighted by molar-refractivity contribution is 6.71. The summed E-state index contributed by atoms with van der Waals surface area (Å²) in [7, 11) is -1.46. The van der Waals surface area contributed by atoms with Crippen LogP contribution in [0, 0.1) is 12.3 Å². The van der Waals surface area contributed by atoms with Crippen LogP contribution in [-0.4, -0.2) is 14.9 Å². The van der Waals surface area contributed by atoms with Gasteiger partial charge in [-0.2, -0.15) is 0 Å². The van der Waals surface area contributed by atoms with Gasteiger partial charge in [-0.15, -0.1) is 6.42 Å². The van der Waals surface area contributed by atoms with Crippen LogP contribution in [0.5, 0.6) is 0 Å². The maximum absolute atomic E-state index is 5.97. The second-order valence-electron chi connectivity index (χ2n) is 6.57. The van der Waals surface area contributed by atoms with Gasteiger partial charge in [-0.25, -0.2) is 0 Å². The fourth-order valence-corrected chi connectivity index (χ4v) is 4.29. The van der Waals surface area contributed by atoms with E-state index in [4.69, 9.17) is 10.8 Å². The fraction of sp³-hybridized carbons (Fsp3) is 0.789. The number of hydrogen-bond donors (Lipinski definition) is 0. The molecular formula is C19H36OSi. The van der Waals surface area contributed by atoms with E-state index in [0.717, 1.165) is 0 Å². The van der Waals surface area contributed by atoms with Crippen molar-refractivity contribution in [2.24, 2.45) is 0 Å². The lowest BCUT2D eigenvalue weighted by Gasteiger charge is -2.21. The summed E-state index contributed by atoms with van der Waals surface area (Å²) in [5, 5.41) is 0. The Morgan fingerprint density at radius 2 is 1.43 bits per heavy atom. The molecule has 0 aliphatic heterocycles. The van der Waals surface area contributed by atoms with Gasteiger partial charge in [0.05, 0.1) is 6.61 Å². The maximum atomic E-state index is 5.97. The van der Waals surface area contributed by atoms with E-state index in [2.05, 4.69) is 25.9 Å². The first-order valence-corrected chi connectivity index (χ1v) is 12.0. The summed E-state index contributed by atoms with van der Waals surface area (Å²) in [5.41, 5.74) is 0. The second-order valence-corrected chi connectivity index (χ2v) is 10.9. The summed E-state index contributed by atoms with van der Waals surface area (Å²) in [6.45, 7) is 7.58. The van der Waals surface area contributed by atoms with Crippen molar-refractivity contribution in [3.05, 3.63) is 12.2 Å². The molecule has 0 N–H and O–H groups in total. The van der Waals surface area contributed by atoms with E-state index in [9.17, 15) is 0 Å². The Labute approximate surface area is 134 Å². The van der Waals surface area contributed by atoms with Gasteiger partial charge in [0.15, 0.2) is 8.32 Å². The lowest BCUT2D eigenvalue weighted by molar-refractivity contribution is 0.350.